The van der Waals surface area contributed by atoms with Crippen molar-refractivity contribution in [1.82, 2.24) is 15.1 Å². The van der Waals surface area contributed by atoms with Crippen LogP contribution in [-0.2, 0) is 16.0 Å². The molecule has 0 radical (unpaired) electrons. The van der Waals surface area contributed by atoms with E-state index in [1.54, 1.807) is 12.1 Å². The molecule has 2 fully saturated rings. The van der Waals surface area contributed by atoms with Gasteiger partial charge in [0.05, 0.1) is 12.1 Å². The van der Waals surface area contributed by atoms with Gasteiger partial charge in [-0.2, -0.15) is 0 Å². The van der Waals surface area contributed by atoms with Gasteiger partial charge in [-0.15, -0.1) is 0 Å². The number of amides is 3. The lowest BCUT2D eigenvalue weighted by Gasteiger charge is -2.45. The number of benzene rings is 2. The zero-order valence-corrected chi connectivity index (χ0v) is 15.8. The summed E-state index contributed by atoms with van der Waals surface area (Å²) in [5, 5.41) is 12.1. The predicted octanol–water partition coefficient (Wildman–Crippen LogP) is 1.06. The molecule has 3 amide bonds. The lowest BCUT2D eigenvalue weighted by molar-refractivity contribution is -0.152. The number of nitrogens with one attached hydrogen (secondary N) is 1. The second kappa shape index (κ2) is 7.74. The van der Waals surface area contributed by atoms with E-state index in [1.165, 1.54) is 21.9 Å². The van der Waals surface area contributed by atoms with Crippen LogP contribution in [0.5, 0.6) is 5.75 Å². The quantitative estimate of drug-likeness (QED) is 0.785. The number of aromatic hydroxyl groups is 1. The molecule has 2 N–H and O–H groups in total. The van der Waals surface area contributed by atoms with E-state index in [2.05, 4.69) is 5.32 Å². The normalized spacial score (nSPS) is 21.3. The van der Waals surface area contributed by atoms with Crippen molar-refractivity contribution in [1.29, 1.82) is 0 Å². The highest BCUT2D eigenvalue weighted by atomic mass is 19.1. The van der Waals surface area contributed by atoms with E-state index in [4.69, 9.17) is 0 Å². The second-order valence-electron chi connectivity index (χ2n) is 7.35. The molecule has 0 aromatic heterocycles. The first-order chi connectivity index (χ1) is 14.3. The maximum absolute atomic E-state index is 14.0. The van der Waals surface area contributed by atoms with Crippen LogP contribution in [0.25, 0.3) is 0 Å². The van der Waals surface area contributed by atoms with Crippen LogP contribution < -0.4 is 5.32 Å². The first-order valence-electron chi connectivity index (χ1n) is 9.46. The fourth-order valence-electron chi connectivity index (χ4n) is 3.82. The number of halogens is 2. The van der Waals surface area contributed by atoms with Crippen LogP contribution in [0.3, 0.4) is 0 Å². The summed E-state index contributed by atoms with van der Waals surface area (Å²) >= 11 is 0. The standard InChI is InChI=1S/C21H19F2N3O4/c22-13-3-6-16(23)15(10-13)20(29)25-7-8-26-18(11-25)19(28)24-17(21(26)30)9-12-1-4-14(27)5-2-12/h1-6,10,17-18,27H,7-9,11H2,(H,24,28)/t17-,18+/m0/s1. The Labute approximate surface area is 170 Å². The van der Waals surface area contributed by atoms with E-state index in [0.717, 1.165) is 23.8 Å². The smallest absolute Gasteiger partial charge is 0.257 e. The molecule has 2 aliphatic rings. The summed E-state index contributed by atoms with van der Waals surface area (Å²) in [4.78, 5) is 40.8. The molecule has 0 bridgehead atoms. The number of nitrogens with zero attached hydrogens (tertiary/aromatic N) is 2. The Morgan fingerprint density at radius 1 is 1.10 bits per heavy atom. The van der Waals surface area contributed by atoms with Crippen molar-refractivity contribution in [2.75, 3.05) is 19.6 Å². The number of carbonyl (C=O) groups excluding carboxylic acids is 3. The topological polar surface area (TPSA) is 89.9 Å². The maximum atomic E-state index is 14.0. The zero-order chi connectivity index (χ0) is 21.4. The van der Waals surface area contributed by atoms with Gasteiger partial charge in [-0.05, 0) is 35.9 Å². The summed E-state index contributed by atoms with van der Waals surface area (Å²) in [6.07, 6.45) is 0.269. The molecule has 2 heterocycles. The minimum absolute atomic E-state index is 0.0989. The van der Waals surface area contributed by atoms with E-state index < -0.39 is 41.1 Å². The van der Waals surface area contributed by atoms with Crippen LogP contribution in [-0.4, -0.2) is 64.3 Å². The minimum Gasteiger partial charge on any atom is -0.508 e. The molecular formula is C21H19F2N3O4. The lowest BCUT2D eigenvalue weighted by atomic mass is 9.98. The molecule has 0 saturated carbocycles. The Hall–Kier alpha value is -3.49. The Balaban J connectivity index is 1.47. The first-order valence-corrected chi connectivity index (χ1v) is 9.46. The maximum Gasteiger partial charge on any atom is 0.257 e. The third kappa shape index (κ3) is 3.70. The predicted molar refractivity (Wildman–Crippen MR) is 102 cm³/mol. The van der Waals surface area contributed by atoms with Crippen molar-refractivity contribution >= 4 is 17.7 Å². The van der Waals surface area contributed by atoms with E-state index in [-0.39, 0.29) is 37.7 Å². The Kier molecular flexibility index (Phi) is 5.11. The minimum atomic E-state index is -0.886. The highest BCUT2D eigenvalue weighted by Gasteiger charge is 2.44. The van der Waals surface area contributed by atoms with Crippen molar-refractivity contribution in [2.24, 2.45) is 0 Å². The largest absolute Gasteiger partial charge is 0.508 e. The molecule has 9 heteroatoms. The number of phenols is 1. The number of hydrogen-bond donors (Lipinski definition) is 2. The molecule has 2 aromatic carbocycles. The molecule has 2 aromatic rings. The average Bonchev–Trinajstić information content (AvgIpc) is 2.74. The fourth-order valence-corrected chi connectivity index (χ4v) is 3.82. The summed E-state index contributed by atoms with van der Waals surface area (Å²) in [5.41, 5.74) is 0.372. The highest BCUT2D eigenvalue weighted by molar-refractivity contribution is 5.99. The molecule has 0 spiro atoms. The SMILES string of the molecule is O=C1N[C@@H](Cc2ccc(O)cc2)C(=O)N2CCN(C(=O)c3cc(F)ccc3F)C[C@H]12. The number of fused-ring (bicyclic) bond motifs is 1. The molecule has 2 saturated heterocycles. The van der Waals surface area contributed by atoms with Crippen molar-refractivity contribution in [2.45, 2.75) is 18.5 Å². The summed E-state index contributed by atoms with van der Waals surface area (Å²) in [6.45, 7) is 0.125. The summed E-state index contributed by atoms with van der Waals surface area (Å²) in [7, 11) is 0. The molecular weight excluding hydrogens is 396 g/mol. The third-order valence-corrected chi connectivity index (χ3v) is 5.40. The van der Waals surface area contributed by atoms with E-state index in [1.807, 2.05) is 0 Å². The average molecular weight is 415 g/mol. The Morgan fingerprint density at radius 3 is 2.57 bits per heavy atom. The monoisotopic (exact) mass is 415 g/mol. The summed E-state index contributed by atoms with van der Waals surface area (Å²) in [5.74, 6) is -2.87. The van der Waals surface area contributed by atoms with Gasteiger partial charge in [0, 0.05) is 19.5 Å². The molecule has 4 rings (SSSR count). The number of phenolic OH excluding ortho intramolecular Hbond substituents is 1. The van der Waals surface area contributed by atoms with Crippen molar-refractivity contribution in [3.8, 4) is 5.75 Å². The van der Waals surface area contributed by atoms with Crippen molar-refractivity contribution < 1.29 is 28.3 Å². The fraction of sp³-hybridized carbons (Fsp3) is 0.286. The lowest BCUT2D eigenvalue weighted by Crippen LogP contribution is -2.70. The Bertz CT molecular complexity index is 1010. The van der Waals surface area contributed by atoms with Crippen LogP contribution in [0.1, 0.15) is 15.9 Å². The van der Waals surface area contributed by atoms with Gasteiger partial charge < -0.3 is 20.2 Å². The van der Waals surface area contributed by atoms with Crippen molar-refractivity contribution in [3.05, 3.63) is 65.2 Å². The van der Waals surface area contributed by atoms with E-state index in [9.17, 15) is 28.3 Å². The third-order valence-electron chi connectivity index (χ3n) is 5.40. The van der Waals surface area contributed by atoms with Gasteiger partial charge in [-0.25, -0.2) is 8.78 Å². The van der Waals surface area contributed by atoms with Gasteiger partial charge >= 0.3 is 0 Å². The van der Waals surface area contributed by atoms with Crippen LogP contribution >= 0.6 is 0 Å². The number of piperazine rings is 2. The van der Waals surface area contributed by atoms with Gasteiger partial charge in [0.25, 0.3) is 5.91 Å². The van der Waals surface area contributed by atoms with Gasteiger partial charge in [0.1, 0.15) is 29.5 Å². The molecule has 0 aliphatic carbocycles. The van der Waals surface area contributed by atoms with Gasteiger partial charge in [-0.1, -0.05) is 12.1 Å². The van der Waals surface area contributed by atoms with Crippen molar-refractivity contribution in [3.63, 3.8) is 0 Å². The van der Waals surface area contributed by atoms with Crippen LogP contribution in [0.15, 0.2) is 42.5 Å². The molecule has 2 aliphatic heterocycles. The summed E-state index contributed by atoms with van der Waals surface area (Å²) in [6, 6.07) is 7.34. The second-order valence-corrected chi connectivity index (χ2v) is 7.35. The van der Waals surface area contributed by atoms with E-state index >= 15 is 0 Å². The van der Waals surface area contributed by atoms with Crippen LogP contribution in [0, 0.1) is 11.6 Å². The molecule has 30 heavy (non-hydrogen) atoms. The van der Waals surface area contributed by atoms with Gasteiger partial charge in [0.2, 0.25) is 11.8 Å². The van der Waals surface area contributed by atoms with Gasteiger partial charge in [0.15, 0.2) is 0 Å². The zero-order valence-electron chi connectivity index (χ0n) is 15.8. The number of hydrogen-bond acceptors (Lipinski definition) is 4. The van der Waals surface area contributed by atoms with E-state index in [0.29, 0.717) is 0 Å². The molecule has 7 nitrogen and oxygen atoms in total. The Morgan fingerprint density at radius 2 is 1.83 bits per heavy atom. The number of carbonyl (C=O) groups is 3. The molecule has 156 valence electrons. The van der Waals surface area contributed by atoms with Crippen LogP contribution in [0.2, 0.25) is 0 Å². The molecule has 0 unspecified atom stereocenters. The highest BCUT2D eigenvalue weighted by Crippen LogP contribution is 2.21. The first kappa shape index (κ1) is 19.8. The summed E-state index contributed by atoms with van der Waals surface area (Å²) < 4.78 is 27.4. The molecule has 2 atom stereocenters. The van der Waals surface area contributed by atoms with Gasteiger partial charge in [-0.3, -0.25) is 14.4 Å². The number of rotatable bonds is 3. The van der Waals surface area contributed by atoms with Crippen LogP contribution in [0.4, 0.5) is 8.78 Å².